The average Bonchev–Trinajstić information content (AvgIpc) is 3.20. The van der Waals surface area contributed by atoms with Gasteiger partial charge in [-0.2, -0.15) is 0 Å². The zero-order chi connectivity index (χ0) is 16.4. The summed E-state index contributed by atoms with van der Waals surface area (Å²) in [5, 5.41) is 2.85. The molecule has 0 atom stereocenters. The molecule has 122 valence electrons. The first-order valence-electron chi connectivity index (χ1n) is 8.06. The molecular formula is C18H18N4OS. The summed E-state index contributed by atoms with van der Waals surface area (Å²) >= 11 is 1.55. The van der Waals surface area contributed by atoms with Crippen molar-refractivity contribution >= 4 is 17.2 Å². The summed E-state index contributed by atoms with van der Waals surface area (Å²) in [6.07, 6.45) is 5.39. The number of aromatic nitrogens is 3. The van der Waals surface area contributed by atoms with Gasteiger partial charge < -0.3 is 9.47 Å². The van der Waals surface area contributed by atoms with Crippen LogP contribution in [-0.4, -0.2) is 31.9 Å². The Balaban J connectivity index is 1.49. The maximum Gasteiger partial charge on any atom is 0.273 e. The van der Waals surface area contributed by atoms with Gasteiger partial charge in [-0.25, -0.2) is 9.97 Å². The molecule has 0 unspecified atom stereocenters. The van der Waals surface area contributed by atoms with Gasteiger partial charge in [0, 0.05) is 31.1 Å². The second kappa shape index (κ2) is 6.57. The van der Waals surface area contributed by atoms with Crippen LogP contribution in [0.25, 0.3) is 0 Å². The lowest BCUT2D eigenvalue weighted by Crippen LogP contribution is -2.31. The molecule has 1 amide bonds. The molecule has 0 saturated heterocycles. The highest BCUT2D eigenvalue weighted by molar-refractivity contribution is 7.09. The first kappa shape index (κ1) is 15.1. The molecule has 3 heterocycles. The Bertz CT molecular complexity index is 840. The van der Waals surface area contributed by atoms with Crippen molar-refractivity contribution in [3.8, 4) is 0 Å². The van der Waals surface area contributed by atoms with Crippen LogP contribution in [0.15, 0.2) is 48.2 Å². The number of rotatable bonds is 3. The lowest BCUT2D eigenvalue weighted by atomic mass is 10.2. The van der Waals surface area contributed by atoms with Crippen LogP contribution in [0, 0.1) is 0 Å². The largest absolute Gasteiger partial charge is 0.333 e. The summed E-state index contributed by atoms with van der Waals surface area (Å²) in [7, 11) is 0. The van der Waals surface area contributed by atoms with Crippen molar-refractivity contribution in [3.05, 3.63) is 70.2 Å². The summed E-state index contributed by atoms with van der Waals surface area (Å²) < 4.78 is 2.12. The molecule has 0 radical (unpaired) electrons. The van der Waals surface area contributed by atoms with E-state index in [1.165, 1.54) is 5.56 Å². The maximum atomic E-state index is 12.8. The molecule has 1 aliphatic rings. The quantitative estimate of drug-likeness (QED) is 0.738. The van der Waals surface area contributed by atoms with E-state index in [0.717, 1.165) is 36.6 Å². The van der Waals surface area contributed by atoms with Crippen molar-refractivity contribution in [1.29, 1.82) is 0 Å². The Labute approximate surface area is 144 Å². The van der Waals surface area contributed by atoms with E-state index >= 15 is 0 Å². The van der Waals surface area contributed by atoms with Crippen LogP contribution in [0.4, 0.5) is 0 Å². The van der Waals surface area contributed by atoms with Crippen molar-refractivity contribution in [1.82, 2.24) is 19.4 Å². The lowest BCUT2D eigenvalue weighted by molar-refractivity contribution is 0.0740. The normalized spacial score (nSPS) is 14.2. The second-order valence-electron chi connectivity index (χ2n) is 5.95. The molecule has 2 aromatic heterocycles. The van der Waals surface area contributed by atoms with Gasteiger partial charge in [-0.1, -0.05) is 30.3 Å². The molecule has 24 heavy (non-hydrogen) atoms. The average molecular weight is 338 g/mol. The zero-order valence-corrected chi connectivity index (χ0v) is 14.1. The highest BCUT2D eigenvalue weighted by Crippen LogP contribution is 2.18. The zero-order valence-electron chi connectivity index (χ0n) is 13.3. The number of hydrogen-bond donors (Lipinski definition) is 0. The number of nitrogens with zero attached hydrogens (tertiary/aromatic N) is 4. The van der Waals surface area contributed by atoms with Gasteiger partial charge in [-0.3, -0.25) is 4.79 Å². The standard InChI is InChI=1S/C18H18N4OS/c23-18(21-7-4-8-22-13-19-10-15(22)11-21)16-12-24-17(20-16)9-14-5-2-1-3-6-14/h1-3,5-6,10,12-13H,4,7-9,11H2. The summed E-state index contributed by atoms with van der Waals surface area (Å²) in [4.78, 5) is 23.4. The number of aryl methyl sites for hydroxylation is 1. The van der Waals surface area contributed by atoms with Crippen LogP contribution in [-0.2, 0) is 19.5 Å². The van der Waals surface area contributed by atoms with E-state index in [4.69, 9.17) is 0 Å². The number of carbonyl (C=O) groups excluding carboxylic acids is 1. The fourth-order valence-electron chi connectivity index (χ4n) is 2.98. The highest BCUT2D eigenvalue weighted by Gasteiger charge is 2.22. The molecule has 1 aliphatic heterocycles. The fourth-order valence-corrected chi connectivity index (χ4v) is 3.79. The smallest absolute Gasteiger partial charge is 0.273 e. The van der Waals surface area contributed by atoms with Crippen molar-refractivity contribution in [2.24, 2.45) is 0 Å². The molecule has 5 nitrogen and oxygen atoms in total. The Morgan fingerprint density at radius 1 is 1.21 bits per heavy atom. The number of fused-ring (bicyclic) bond motifs is 1. The van der Waals surface area contributed by atoms with Gasteiger partial charge in [0.2, 0.25) is 0 Å². The third-order valence-corrected chi connectivity index (χ3v) is 5.08. The van der Waals surface area contributed by atoms with Gasteiger partial charge in [0.15, 0.2) is 0 Å². The van der Waals surface area contributed by atoms with Crippen LogP contribution < -0.4 is 0 Å². The monoisotopic (exact) mass is 338 g/mol. The number of amides is 1. The van der Waals surface area contributed by atoms with E-state index in [1.54, 1.807) is 11.3 Å². The van der Waals surface area contributed by atoms with Crippen molar-refractivity contribution in [2.75, 3.05) is 6.54 Å². The fraction of sp³-hybridized carbons (Fsp3) is 0.278. The predicted octanol–water partition coefficient (Wildman–Crippen LogP) is 2.98. The highest BCUT2D eigenvalue weighted by atomic mass is 32.1. The van der Waals surface area contributed by atoms with Crippen LogP contribution in [0.5, 0.6) is 0 Å². The Morgan fingerprint density at radius 3 is 2.96 bits per heavy atom. The van der Waals surface area contributed by atoms with Gasteiger partial charge in [-0.05, 0) is 12.0 Å². The number of hydrogen-bond acceptors (Lipinski definition) is 4. The Kier molecular flexibility index (Phi) is 4.13. The van der Waals surface area contributed by atoms with Gasteiger partial charge in [0.1, 0.15) is 5.69 Å². The maximum absolute atomic E-state index is 12.8. The third kappa shape index (κ3) is 3.10. The van der Waals surface area contributed by atoms with E-state index < -0.39 is 0 Å². The molecule has 6 heteroatoms. The predicted molar refractivity (Wildman–Crippen MR) is 92.9 cm³/mol. The number of imidazole rings is 1. The molecule has 0 bridgehead atoms. The van der Waals surface area contributed by atoms with E-state index in [1.807, 2.05) is 41.0 Å². The van der Waals surface area contributed by atoms with Gasteiger partial charge in [0.05, 0.1) is 23.6 Å². The van der Waals surface area contributed by atoms with Gasteiger partial charge in [0.25, 0.3) is 5.91 Å². The minimum atomic E-state index is 0.0141. The molecule has 0 N–H and O–H groups in total. The molecule has 0 spiro atoms. The van der Waals surface area contributed by atoms with Crippen molar-refractivity contribution < 1.29 is 4.79 Å². The third-order valence-electron chi connectivity index (χ3n) is 4.23. The Hall–Kier alpha value is -2.47. The van der Waals surface area contributed by atoms with Gasteiger partial charge in [-0.15, -0.1) is 11.3 Å². The number of benzene rings is 1. The Morgan fingerprint density at radius 2 is 2.08 bits per heavy atom. The lowest BCUT2D eigenvalue weighted by Gasteiger charge is -2.18. The molecule has 3 aromatic rings. The second-order valence-corrected chi connectivity index (χ2v) is 6.89. The topological polar surface area (TPSA) is 51.0 Å². The first-order chi connectivity index (χ1) is 11.8. The van der Waals surface area contributed by atoms with Crippen LogP contribution >= 0.6 is 11.3 Å². The van der Waals surface area contributed by atoms with E-state index in [9.17, 15) is 4.79 Å². The van der Waals surface area contributed by atoms with E-state index in [0.29, 0.717) is 12.2 Å². The summed E-state index contributed by atoms with van der Waals surface area (Å²) in [5.74, 6) is 0.0141. The first-order valence-corrected chi connectivity index (χ1v) is 8.94. The molecule has 1 aromatic carbocycles. The van der Waals surface area contributed by atoms with Crippen molar-refractivity contribution in [2.45, 2.75) is 25.9 Å². The number of carbonyl (C=O) groups is 1. The van der Waals surface area contributed by atoms with Crippen LogP contribution in [0.3, 0.4) is 0 Å². The molecule has 4 rings (SSSR count). The summed E-state index contributed by atoms with van der Waals surface area (Å²) in [6, 6.07) is 10.2. The summed E-state index contributed by atoms with van der Waals surface area (Å²) in [5.41, 5.74) is 2.85. The minimum absolute atomic E-state index is 0.0141. The summed E-state index contributed by atoms with van der Waals surface area (Å²) in [6.45, 7) is 2.27. The number of thiazole rings is 1. The van der Waals surface area contributed by atoms with E-state index in [-0.39, 0.29) is 5.91 Å². The minimum Gasteiger partial charge on any atom is -0.333 e. The van der Waals surface area contributed by atoms with Crippen molar-refractivity contribution in [3.63, 3.8) is 0 Å². The molecule has 0 saturated carbocycles. The molecule has 0 fully saturated rings. The van der Waals surface area contributed by atoms with Crippen LogP contribution in [0.2, 0.25) is 0 Å². The van der Waals surface area contributed by atoms with Gasteiger partial charge >= 0.3 is 0 Å². The molecule has 0 aliphatic carbocycles. The van der Waals surface area contributed by atoms with Crippen LogP contribution in [0.1, 0.15) is 33.2 Å². The van der Waals surface area contributed by atoms with E-state index in [2.05, 4.69) is 26.7 Å². The molecular weight excluding hydrogens is 320 g/mol. The SMILES string of the molecule is O=C(c1csc(Cc2ccccc2)n1)N1CCCn2cncc2C1.